The van der Waals surface area contributed by atoms with Gasteiger partial charge in [0.1, 0.15) is 0 Å². The number of methoxy groups -OCH3 is 1. The lowest BCUT2D eigenvalue weighted by molar-refractivity contribution is -0.126. The molecule has 162 valence electrons. The van der Waals surface area contributed by atoms with Crippen LogP contribution in [-0.2, 0) is 16.1 Å². The maximum absolute atomic E-state index is 13.2. The van der Waals surface area contributed by atoms with Crippen LogP contribution in [0.3, 0.4) is 0 Å². The molecule has 2 aromatic rings. The first-order valence-corrected chi connectivity index (χ1v) is 11.6. The molecule has 2 aliphatic rings. The maximum atomic E-state index is 13.2. The van der Waals surface area contributed by atoms with Crippen LogP contribution < -0.4 is 5.32 Å². The summed E-state index contributed by atoms with van der Waals surface area (Å²) in [5.74, 6) is -0.397. The maximum Gasteiger partial charge on any atom is 0.360 e. The van der Waals surface area contributed by atoms with Crippen molar-refractivity contribution in [3.05, 3.63) is 34.3 Å². The molecule has 1 aliphatic heterocycles. The van der Waals surface area contributed by atoms with Crippen LogP contribution in [-0.4, -0.2) is 57.5 Å². The molecule has 8 nitrogen and oxygen atoms in total. The number of aromatic nitrogens is 3. The Morgan fingerprint density at radius 3 is 2.77 bits per heavy atom. The molecular formula is C21H29N5O3S. The number of hydrogen-bond donors (Lipinski definition) is 1. The van der Waals surface area contributed by atoms with Gasteiger partial charge in [0, 0.05) is 24.0 Å². The highest BCUT2D eigenvalue weighted by Gasteiger charge is 2.39. The van der Waals surface area contributed by atoms with Gasteiger partial charge in [0.05, 0.1) is 25.4 Å². The molecule has 4 rings (SSSR count). The van der Waals surface area contributed by atoms with Gasteiger partial charge in [0.15, 0.2) is 5.69 Å². The largest absolute Gasteiger partial charge is 0.464 e. The highest BCUT2D eigenvalue weighted by molar-refractivity contribution is 7.09. The first kappa shape index (κ1) is 21.0. The van der Waals surface area contributed by atoms with E-state index < -0.39 is 5.97 Å². The second-order valence-corrected chi connectivity index (χ2v) is 9.22. The summed E-state index contributed by atoms with van der Waals surface area (Å²) >= 11 is 1.70. The van der Waals surface area contributed by atoms with Gasteiger partial charge in [-0.1, -0.05) is 37.0 Å². The third kappa shape index (κ3) is 4.89. The average molecular weight is 432 g/mol. The SMILES string of the molecule is COC(=O)c1cn([C@@H]2C[C@@H](C(=O)NC3CCCCCC3)N(Cc3cccs3)C2)nn1. The molecule has 0 radical (unpaired) electrons. The first-order chi connectivity index (χ1) is 14.6. The van der Waals surface area contributed by atoms with E-state index in [4.69, 9.17) is 4.74 Å². The van der Waals surface area contributed by atoms with E-state index in [1.54, 1.807) is 22.2 Å². The van der Waals surface area contributed by atoms with Crippen molar-refractivity contribution in [1.29, 1.82) is 0 Å². The van der Waals surface area contributed by atoms with Gasteiger partial charge in [0.2, 0.25) is 5.91 Å². The Kier molecular flexibility index (Phi) is 6.79. The number of nitrogens with zero attached hydrogens (tertiary/aromatic N) is 4. The van der Waals surface area contributed by atoms with Gasteiger partial charge >= 0.3 is 5.97 Å². The molecule has 1 saturated carbocycles. The highest BCUT2D eigenvalue weighted by Crippen LogP contribution is 2.30. The molecule has 1 aliphatic carbocycles. The van der Waals surface area contributed by atoms with Crippen molar-refractivity contribution in [3.8, 4) is 0 Å². The van der Waals surface area contributed by atoms with Crippen LogP contribution in [0.1, 0.15) is 66.4 Å². The Labute approximate surface area is 180 Å². The minimum atomic E-state index is -0.502. The number of likely N-dealkylation sites (tertiary alicyclic amines) is 1. The molecule has 0 bridgehead atoms. The van der Waals surface area contributed by atoms with E-state index in [0.717, 1.165) is 19.4 Å². The van der Waals surface area contributed by atoms with Crippen LogP contribution in [0.5, 0.6) is 0 Å². The summed E-state index contributed by atoms with van der Waals surface area (Å²) in [5, 5.41) is 13.4. The second kappa shape index (κ2) is 9.70. The number of esters is 1. The fourth-order valence-electron chi connectivity index (χ4n) is 4.50. The third-order valence-corrected chi connectivity index (χ3v) is 6.96. The van der Waals surface area contributed by atoms with Gasteiger partial charge in [-0.2, -0.15) is 0 Å². The molecule has 0 unspecified atom stereocenters. The van der Waals surface area contributed by atoms with Crippen molar-refractivity contribution < 1.29 is 14.3 Å². The van der Waals surface area contributed by atoms with Crippen molar-refractivity contribution in [2.24, 2.45) is 0 Å². The van der Waals surface area contributed by atoms with E-state index in [1.807, 2.05) is 6.07 Å². The number of hydrogen-bond acceptors (Lipinski definition) is 7. The van der Waals surface area contributed by atoms with E-state index >= 15 is 0 Å². The van der Waals surface area contributed by atoms with Crippen LogP contribution in [0, 0.1) is 0 Å². The van der Waals surface area contributed by atoms with Crippen LogP contribution in [0.25, 0.3) is 0 Å². The molecule has 1 saturated heterocycles. The zero-order chi connectivity index (χ0) is 20.9. The van der Waals surface area contributed by atoms with Crippen molar-refractivity contribution >= 4 is 23.2 Å². The molecule has 3 heterocycles. The van der Waals surface area contributed by atoms with Crippen LogP contribution >= 0.6 is 11.3 Å². The second-order valence-electron chi connectivity index (χ2n) is 8.19. The molecule has 2 aromatic heterocycles. The zero-order valence-corrected chi connectivity index (χ0v) is 18.1. The summed E-state index contributed by atoms with van der Waals surface area (Å²) < 4.78 is 6.43. The number of rotatable bonds is 6. The number of carbonyl (C=O) groups is 2. The minimum Gasteiger partial charge on any atom is -0.464 e. The van der Waals surface area contributed by atoms with E-state index in [1.165, 1.54) is 37.7 Å². The number of amides is 1. The standard InChI is InChI=1S/C21H29N5O3S/c1-29-21(28)18-14-26(24-23-18)16-11-19(25(12-16)13-17-9-6-10-30-17)20(27)22-15-7-4-2-3-5-8-15/h6,9-10,14-16,19H,2-5,7-8,11-13H2,1H3,(H,22,27)/t16-,19+/m1/s1. The van der Waals surface area contributed by atoms with Crippen molar-refractivity contribution in [2.45, 2.75) is 69.6 Å². The van der Waals surface area contributed by atoms with Gasteiger partial charge in [-0.15, -0.1) is 16.4 Å². The predicted molar refractivity (Wildman–Crippen MR) is 113 cm³/mol. The summed E-state index contributed by atoms with van der Waals surface area (Å²) in [6.07, 6.45) is 9.29. The summed E-state index contributed by atoms with van der Waals surface area (Å²) in [6.45, 7) is 1.42. The molecule has 2 atom stereocenters. The van der Waals surface area contributed by atoms with Crippen molar-refractivity contribution in [1.82, 2.24) is 25.2 Å². The Hall–Kier alpha value is -2.26. The lowest BCUT2D eigenvalue weighted by atomic mass is 10.1. The Morgan fingerprint density at radius 2 is 2.07 bits per heavy atom. The van der Waals surface area contributed by atoms with Crippen LogP contribution in [0.2, 0.25) is 0 Å². The number of nitrogens with one attached hydrogen (secondary N) is 1. The number of carbonyl (C=O) groups excluding carboxylic acids is 2. The van der Waals surface area contributed by atoms with E-state index in [9.17, 15) is 9.59 Å². The van der Waals surface area contributed by atoms with E-state index in [0.29, 0.717) is 13.0 Å². The molecule has 1 amide bonds. The monoisotopic (exact) mass is 431 g/mol. The molecular weight excluding hydrogens is 402 g/mol. The van der Waals surface area contributed by atoms with Crippen molar-refractivity contribution in [3.63, 3.8) is 0 Å². The van der Waals surface area contributed by atoms with E-state index in [2.05, 4.69) is 32.0 Å². The fourth-order valence-corrected chi connectivity index (χ4v) is 5.23. The van der Waals surface area contributed by atoms with Gasteiger partial charge < -0.3 is 10.1 Å². The zero-order valence-electron chi connectivity index (χ0n) is 17.3. The molecule has 0 aromatic carbocycles. The fraction of sp³-hybridized carbons (Fsp3) is 0.619. The number of thiophene rings is 1. The van der Waals surface area contributed by atoms with Crippen LogP contribution in [0.15, 0.2) is 23.7 Å². The van der Waals surface area contributed by atoms with Gasteiger partial charge in [-0.3, -0.25) is 9.69 Å². The topological polar surface area (TPSA) is 89.4 Å². The molecule has 1 N–H and O–H groups in total. The first-order valence-electron chi connectivity index (χ1n) is 10.7. The average Bonchev–Trinajstić information content (AvgIpc) is 3.47. The number of ether oxygens (including phenoxy) is 1. The molecule has 9 heteroatoms. The summed E-state index contributed by atoms with van der Waals surface area (Å²) in [6, 6.07) is 4.18. The lowest BCUT2D eigenvalue weighted by Crippen LogP contribution is -2.46. The Morgan fingerprint density at radius 1 is 1.27 bits per heavy atom. The lowest BCUT2D eigenvalue weighted by Gasteiger charge is -2.25. The molecule has 2 fully saturated rings. The van der Waals surface area contributed by atoms with Crippen LogP contribution in [0.4, 0.5) is 0 Å². The summed E-state index contributed by atoms with van der Waals surface area (Å²) in [4.78, 5) is 28.4. The summed E-state index contributed by atoms with van der Waals surface area (Å²) in [5.41, 5.74) is 0.189. The smallest absolute Gasteiger partial charge is 0.360 e. The van der Waals surface area contributed by atoms with Gasteiger partial charge in [-0.05, 0) is 30.7 Å². The van der Waals surface area contributed by atoms with Gasteiger partial charge in [0.25, 0.3) is 0 Å². The Bertz CT molecular complexity index is 845. The quantitative estimate of drug-likeness (QED) is 0.559. The predicted octanol–water partition coefficient (Wildman–Crippen LogP) is 2.78. The normalized spacial score (nSPS) is 23.2. The Balaban J connectivity index is 1.48. The minimum absolute atomic E-state index is 0.0132. The summed E-state index contributed by atoms with van der Waals surface area (Å²) in [7, 11) is 1.33. The van der Waals surface area contributed by atoms with E-state index in [-0.39, 0.29) is 29.7 Å². The van der Waals surface area contributed by atoms with Crippen molar-refractivity contribution in [2.75, 3.05) is 13.7 Å². The molecule has 30 heavy (non-hydrogen) atoms. The highest BCUT2D eigenvalue weighted by atomic mass is 32.1. The third-order valence-electron chi connectivity index (χ3n) is 6.10. The van der Waals surface area contributed by atoms with Gasteiger partial charge in [-0.25, -0.2) is 9.48 Å². The molecule has 0 spiro atoms.